The van der Waals surface area contributed by atoms with Crippen LogP contribution in [0, 0.1) is 5.82 Å². The Kier molecular flexibility index (Phi) is 5.13. The van der Waals surface area contributed by atoms with Gasteiger partial charge >= 0.3 is 6.03 Å². The van der Waals surface area contributed by atoms with E-state index in [9.17, 15) is 19.1 Å². The molecule has 1 fully saturated rings. The van der Waals surface area contributed by atoms with Gasteiger partial charge < -0.3 is 15.2 Å². The number of nitrogens with zero attached hydrogens (tertiary/aromatic N) is 1. The molecule has 0 spiro atoms. The number of imide groups is 1. The standard InChI is InChI=1S/C23H21FN2O4/c1-23(18-10-6-8-15-7-2-3-9-17(15)18)21(28)26(22(29)25-23)13-16(27)14-30-20-12-5-4-11-19(20)24/h2-12,16,27H,13-14H2,1H3,(H,25,29)/t16-,23+/m0/s1. The smallest absolute Gasteiger partial charge is 0.325 e. The van der Waals surface area contributed by atoms with Crippen LogP contribution in [-0.4, -0.2) is 41.2 Å². The number of ether oxygens (including phenoxy) is 1. The van der Waals surface area contributed by atoms with Crippen LogP contribution in [0.3, 0.4) is 0 Å². The van der Waals surface area contributed by atoms with E-state index in [2.05, 4.69) is 5.32 Å². The molecule has 6 nitrogen and oxygen atoms in total. The maximum Gasteiger partial charge on any atom is 0.325 e. The summed E-state index contributed by atoms with van der Waals surface area (Å²) in [6.07, 6.45) is -1.17. The molecule has 4 rings (SSSR count). The first kappa shape index (κ1) is 19.8. The molecular formula is C23H21FN2O4. The molecule has 3 amide bonds. The third kappa shape index (κ3) is 3.48. The molecule has 30 heavy (non-hydrogen) atoms. The highest BCUT2D eigenvalue weighted by molar-refractivity contribution is 6.09. The molecule has 3 aromatic rings. The summed E-state index contributed by atoms with van der Waals surface area (Å²) in [6.45, 7) is 1.12. The third-order valence-electron chi connectivity index (χ3n) is 5.26. The van der Waals surface area contributed by atoms with Crippen molar-refractivity contribution in [2.45, 2.75) is 18.6 Å². The van der Waals surface area contributed by atoms with Gasteiger partial charge in [0.25, 0.3) is 5.91 Å². The summed E-state index contributed by atoms with van der Waals surface area (Å²) in [5.41, 5.74) is -0.581. The molecular weight excluding hydrogens is 387 g/mol. The van der Waals surface area contributed by atoms with Crippen molar-refractivity contribution in [2.24, 2.45) is 0 Å². The highest BCUT2D eigenvalue weighted by Gasteiger charge is 2.49. The Bertz CT molecular complexity index is 1110. The number of carbonyl (C=O) groups is 2. The SMILES string of the molecule is C[C@]1(c2cccc3ccccc23)NC(=O)N(C[C@H](O)COc2ccccc2F)C1=O. The predicted octanol–water partition coefficient (Wildman–Crippen LogP) is 3.19. The van der Waals surface area contributed by atoms with Crippen LogP contribution in [-0.2, 0) is 10.3 Å². The zero-order valence-electron chi connectivity index (χ0n) is 16.3. The fourth-order valence-electron chi connectivity index (χ4n) is 3.72. The molecule has 2 atom stereocenters. The Hall–Kier alpha value is -3.45. The van der Waals surface area contributed by atoms with Crippen LogP contribution in [0.2, 0.25) is 0 Å². The number of aliphatic hydroxyl groups excluding tert-OH is 1. The maximum absolute atomic E-state index is 13.7. The zero-order chi connectivity index (χ0) is 21.3. The van der Waals surface area contributed by atoms with Crippen LogP contribution in [0.15, 0.2) is 66.7 Å². The lowest BCUT2D eigenvalue weighted by atomic mass is 9.88. The first-order valence-corrected chi connectivity index (χ1v) is 9.58. The Morgan fingerprint density at radius 2 is 1.77 bits per heavy atom. The normalized spacial score (nSPS) is 19.8. The van der Waals surface area contributed by atoms with E-state index in [0.29, 0.717) is 5.56 Å². The van der Waals surface area contributed by atoms with Gasteiger partial charge in [0.2, 0.25) is 0 Å². The lowest BCUT2D eigenvalue weighted by molar-refractivity contribution is -0.132. The summed E-state index contributed by atoms with van der Waals surface area (Å²) in [4.78, 5) is 26.7. The summed E-state index contributed by atoms with van der Waals surface area (Å²) < 4.78 is 18.9. The predicted molar refractivity (Wildman–Crippen MR) is 109 cm³/mol. The number of aliphatic hydroxyl groups is 1. The van der Waals surface area contributed by atoms with Gasteiger partial charge in [-0.25, -0.2) is 9.18 Å². The summed E-state index contributed by atoms with van der Waals surface area (Å²) in [7, 11) is 0. The van der Waals surface area contributed by atoms with Crippen molar-refractivity contribution >= 4 is 22.7 Å². The van der Waals surface area contributed by atoms with E-state index in [1.165, 1.54) is 18.2 Å². The van der Waals surface area contributed by atoms with Gasteiger partial charge in [0.1, 0.15) is 18.2 Å². The average Bonchev–Trinajstić information content (AvgIpc) is 2.96. The van der Waals surface area contributed by atoms with Crippen LogP contribution in [0.1, 0.15) is 12.5 Å². The van der Waals surface area contributed by atoms with Crippen molar-refractivity contribution in [2.75, 3.05) is 13.2 Å². The number of para-hydroxylation sites is 1. The third-order valence-corrected chi connectivity index (χ3v) is 5.26. The van der Waals surface area contributed by atoms with E-state index in [4.69, 9.17) is 4.74 Å². The lowest BCUT2D eigenvalue weighted by Crippen LogP contribution is -2.43. The number of hydrogen-bond acceptors (Lipinski definition) is 4. The van der Waals surface area contributed by atoms with Gasteiger partial charge in [-0.05, 0) is 35.4 Å². The molecule has 2 N–H and O–H groups in total. The van der Waals surface area contributed by atoms with E-state index in [0.717, 1.165) is 15.7 Å². The Morgan fingerprint density at radius 3 is 2.57 bits per heavy atom. The molecule has 1 aliphatic heterocycles. The lowest BCUT2D eigenvalue weighted by Gasteiger charge is -2.24. The van der Waals surface area contributed by atoms with E-state index >= 15 is 0 Å². The molecule has 3 aromatic carbocycles. The van der Waals surface area contributed by atoms with E-state index < -0.39 is 29.4 Å². The van der Waals surface area contributed by atoms with Crippen molar-refractivity contribution in [3.63, 3.8) is 0 Å². The molecule has 1 heterocycles. The topological polar surface area (TPSA) is 78.9 Å². The van der Waals surface area contributed by atoms with Gasteiger partial charge in [0, 0.05) is 0 Å². The van der Waals surface area contributed by atoms with Crippen molar-refractivity contribution in [1.29, 1.82) is 0 Å². The molecule has 0 aliphatic carbocycles. The second kappa shape index (κ2) is 7.76. The van der Waals surface area contributed by atoms with Gasteiger partial charge in [0.05, 0.1) is 6.54 Å². The highest BCUT2D eigenvalue weighted by atomic mass is 19.1. The molecule has 7 heteroatoms. The van der Waals surface area contributed by atoms with Crippen LogP contribution in [0.25, 0.3) is 10.8 Å². The van der Waals surface area contributed by atoms with Gasteiger partial charge in [0.15, 0.2) is 11.6 Å². The quantitative estimate of drug-likeness (QED) is 0.614. The molecule has 0 aromatic heterocycles. The Labute approximate surface area is 172 Å². The maximum atomic E-state index is 13.7. The van der Waals surface area contributed by atoms with Crippen LogP contribution >= 0.6 is 0 Å². The molecule has 0 radical (unpaired) electrons. The Balaban J connectivity index is 1.51. The average molecular weight is 408 g/mol. The number of amides is 3. The van der Waals surface area contributed by atoms with E-state index in [1.807, 2.05) is 42.5 Å². The van der Waals surface area contributed by atoms with Gasteiger partial charge in [-0.2, -0.15) is 0 Å². The molecule has 0 unspecified atom stereocenters. The minimum atomic E-state index is -1.26. The minimum Gasteiger partial charge on any atom is -0.488 e. The molecule has 0 bridgehead atoms. The zero-order valence-corrected chi connectivity index (χ0v) is 16.3. The number of fused-ring (bicyclic) bond motifs is 1. The summed E-state index contributed by atoms with van der Waals surface area (Å²) in [6, 6.07) is 18.4. The van der Waals surface area contributed by atoms with Crippen molar-refractivity contribution in [3.8, 4) is 5.75 Å². The minimum absolute atomic E-state index is 0.00524. The van der Waals surface area contributed by atoms with Gasteiger partial charge in [-0.15, -0.1) is 0 Å². The fourth-order valence-corrected chi connectivity index (χ4v) is 3.72. The summed E-state index contributed by atoms with van der Waals surface area (Å²) >= 11 is 0. The van der Waals surface area contributed by atoms with E-state index in [1.54, 1.807) is 13.0 Å². The first-order valence-electron chi connectivity index (χ1n) is 9.58. The first-order chi connectivity index (χ1) is 14.4. The van der Waals surface area contributed by atoms with E-state index in [-0.39, 0.29) is 18.9 Å². The van der Waals surface area contributed by atoms with Crippen molar-refractivity contribution in [3.05, 3.63) is 78.1 Å². The number of urea groups is 1. The van der Waals surface area contributed by atoms with Crippen LogP contribution in [0.5, 0.6) is 5.75 Å². The molecule has 0 saturated carbocycles. The number of carbonyl (C=O) groups excluding carboxylic acids is 2. The van der Waals surface area contributed by atoms with Crippen molar-refractivity contribution in [1.82, 2.24) is 10.2 Å². The number of halogens is 1. The number of β-amino-alcohol motifs (C(OH)–C–C–N with tert-alkyl or cyclic N) is 1. The van der Waals surface area contributed by atoms with Crippen LogP contribution < -0.4 is 10.1 Å². The largest absolute Gasteiger partial charge is 0.488 e. The number of benzene rings is 3. The monoisotopic (exact) mass is 408 g/mol. The van der Waals surface area contributed by atoms with Crippen LogP contribution in [0.4, 0.5) is 9.18 Å². The molecule has 154 valence electrons. The summed E-state index contributed by atoms with van der Waals surface area (Å²) in [5, 5.41) is 14.9. The second-order valence-corrected chi connectivity index (χ2v) is 7.39. The van der Waals surface area contributed by atoms with Crippen molar-refractivity contribution < 1.29 is 23.8 Å². The second-order valence-electron chi connectivity index (χ2n) is 7.39. The molecule has 1 aliphatic rings. The molecule has 1 saturated heterocycles. The highest BCUT2D eigenvalue weighted by Crippen LogP contribution is 2.33. The van der Waals surface area contributed by atoms with Gasteiger partial charge in [-0.1, -0.05) is 54.6 Å². The Morgan fingerprint density at radius 1 is 1.07 bits per heavy atom. The summed E-state index contributed by atoms with van der Waals surface area (Å²) in [5.74, 6) is -1.02. The van der Waals surface area contributed by atoms with Gasteiger partial charge in [-0.3, -0.25) is 9.69 Å². The number of rotatable bonds is 6. The number of nitrogens with one attached hydrogen (secondary N) is 1. The fraction of sp³-hybridized carbons (Fsp3) is 0.217. The number of hydrogen-bond donors (Lipinski definition) is 2.